The predicted molar refractivity (Wildman–Crippen MR) is 88.2 cm³/mol. The number of aryl methyl sites for hydroxylation is 1. The number of hydrogen-bond donors (Lipinski definition) is 1. The number of nitrogens with one attached hydrogen (secondary N) is 1. The molecule has 0 saturated carbocycles. The molecule has 1 aromatic heterocycles. The minimum absolute atomic E-state index is 0.480. The molecule has 3 heterocycles. The standard InChI is InChI=1S/C16H27ClN4O/c1-3-4-5-15-18-14(16(17)19-15)9-21-7-12-6-20(2)13(8-21)11-22-10-12/h12-13H,3-11H2,1-2H3,(H,18,19)/t12-,13+/m1/s1. The largest absolute Gasteiger partial charge is 0.379 e. The lowest BCUT2D eigenvalue weighted by Gasteiger charge is -2.29. The molecule has 0 spiro atoms. The van der Waals surface area contributed by atoms with Gasteiger partial charge >= 0.3 is 0 Å². The van der Waals surface area contributed by atoms with Crippen LogP contribution in [0.15, 0.2) is 0 Å². The van der Waals surface area contributed by atoms with Gasteiger partial charge in [-0.05, 0) is 13.5 Å². The van der Waals surface area contributed by atoms with Gasteiger partial charge in [0.1, 0.15) is 5.82 Å². The Morgan fingerprint density at radius 2 is 2.18 bits per heavy atom. The maximum absolute atomic E-state index is 6.33. The molecule has 2 fully saturated rings. The highest BCUT2D eigenvalue weighted by Crippen LogP contribution is 2.22. The summed E-state index contributed by atoms with van der Waals surface area (Å²) in [6.45, 7) is 7.99. The third-order valence-electron chi connectivity index (χ3n) is 4.74. The molecular formula is C16H27ClN4O. The smallest absolute Gasteiger partial charge is 0.151 e. The van der Waals surface area contributed by atoms with Crippen molar-refractivity contribution in [2.45, 2.75) is 38.8 Å². The molecule has 1 aromatic rings. The second-order valence-electron chi connectivity index (χ2n) is 6.75. The van der Waals surface area contributed by atoms with E-state index in [1.165, 1.54) is 6.42 Å². The summed E-state index contributed by atoms with van der Waals surface area (Å²) < 4.78 is 5.79. The number of nitrogens with zero attached hydrogens (tertiary/aromatic N) is 3. The summed E-state index contributed by atoms with van der Waals surface area (Å²) in [5.41, 5.74) is 1.07. The summed E-state index contributed by atoms with van der Waals surface area (Å²) in [6.07, 6.45) is 3.31. The molecule has 2 saturated heterocycles. The van der Waals surface area contributed by atoms with Crippen molar-refractivity contribution in [1.29, 1.82) is 0 Å². The summed E-state index contributed by atoms with van der Waals surface area (Å²) in [5.74, 6) is 1.61. The van der Waals surface area contributed by atoms with Crippen LogP contribution in [0.3, 0.4) is 0 Å². The number of aromatic amines is 1. The molecule has 0 radical (unpaired) electrons. The lowest BCUT2D eigenvalue weighted by atomic mass is 10.1. The first kappa shape index (κ1) is 16.2. The topological polar surface area (TPSA) is 44.4 Å². The zero-order chi connectivity index (χ0) is 15.5. The molecule has 6 heteroatoms. The Kier molecular flexibility index (Phi) is 5.39. The minimum atomic E-state index is 0.480. The Morgan fingerprint density at radius 1 is 1.32 bits per heavy atom. The van der Waals surface area contributed by atoms with Gasteiger partial charge in [0.05, 0.1) is 18.9 Å². The zero-order valence-corrected chi connectivity index (χ0v) is 14.4. The third-order valence-corrected chi connectivity index (χ3v) is 5.06. The van der Waals surface area contributed by atoms with E-state index in [2.05, 4.69) is 33.7 Å². The van der Waals surface area contributed by atoms with Crippen LogP contribution in [0.4, 0.5) is 0 Å². The third kappa shape index (κ3) is 3.82. The van der Waals surface area contributed by atoms with Gasteiger partial charge in [0.15, 0.2) is 5.15 Å². The SMILES string of the molecule is CCCCc1nc(Cl)c(CN2C[C@@H]3COC[C@H](C2)N(C)C3)[nH]1. The number of fused-ring (bicyclic) bond motifs is 3. The summed E-state index contributed by atoms with van der Waals surface area (Å²) in [4.78, 5) is 12.9. The highest BCUT2D eigenvalue weighted by atomic mass is 35.5. The first-order valence-electron chi connectivity index (χ1n) is 8.39. The highest BCUT2D eigenvalue weighted by molar-refractivity contribution is 6.30. The summed E-state index contributed by atoms with van der Waals surface area (Å²) >= 11 is 6.33. The van der Waals surface area contributed by atoms with E-state index in [1.807, 2.05) is 0 Å². The van der Waals surface area contributed by atoms with Crippen molar-refractivity contribution in [1.82, 2.24) is 19.8 Å². The second kappa shape index (κ2) is 7.30. The number of unbranched alkanes of at least 4 members (excludes halogenated alkanes) is 1. The molecule has 22 heavy (non-hydrogen) atoms. The van der Waals surface area contributed by atoms with Crippen LogP contribution >= 0.6 is 11.6 Å². The van der Waals surface area contributed by atoms with E-state index in [9.17, 15) is 0 Å². The van der Waals surface area contributed by atoms with E-state index in [0.717, 1.165) is 63.8 Å². The van der Waals surface area contributed by atoms with Crippen LogP contribution in [-0.4, -0.2) is 65.7 Å². The van der Waals surface area contributed by atoms with Gasteiger partial charge in [0, 0.05) is 44.6 Å². The molecule has 124 valence electrons. The molecule has 0 amide bonds. The Hall–Kier alpha value is -0.620. The number of imidazole rings is 1. The number of ether oxygens (including phenoxy) is 1. The van der Waals surface area contributed by atoms with E-state index in [0.29, 0.717) is 17.1 Å². The van der Waals surface area contributed by atoms with Gasteiger partial charge in [0.25, 0.3) is 0 Å². The molecule has 5 nitrogen and oxygen atoms in total. The lowest BCUT2D eigenvalue weighted by molar-refractivity contribution is 0.0513. The summed E-state index contributed by atoms with van der Waals surface area (Å²) in [6, 6.07) is 0.480. The van der Waals surface area contributed by atoms with Gasteiger partial charge in [-0.1, -0.05) is 24.9 Å². The monoisotopic (exact) mass is 326 g/mol. The molecule has 2 atom stereocenters. The van der Waals surface area contributed by atoms with Crippen molar-refractivity contribution in [3.05, 3.63) is 16.7 Å². The maximum Gasteiger partial charge on any atom is 0.151 e. The fraction of sp³-hybridized carbons (Fsp3) is 0.812. The van der Waals surface area contributed by atoms with E-state index in [4.69, 9.17) is 16.3 Å². The van der Waals surface area contributed by atoms with Gasteiger partial charge in [-0.25, -0.2) is 4.98 Å². The normalized spacial score (nSPS) is 27.0. The van der Waals surface area contributed by atoms with Gasteiger partial charge in [-0.2, -0.15) is 0 Å². The van der Waals surface area contributed by atoms with E-state index in [1.54, 1.807) is 0 Å². The van der Waals surface area contributed by atoms with Crippen LogP contribution < -0.4 is 0 Å². The second-order valence-corrected chi connectivity index (χ2v) is 7.11. The van der Waals surface area contributed by atoms with Crippen molar-refractivity contribution >= 4 is 11.6 Å². The van der Waals surface area contributed by atoms with Crippen LogP contribution in [0, 0.1) is 5.92 Å². The number of aromatic nitrogens is 2. The van der Waals surface area contributed by atoms with Crippen LogP contribution in [0.5, 0.6) is 0 Å². The van der Waals surface area contributed by atoms with Crippen LogP contribution in [0.1, 0.15) is 31.3 Å². The first-order valence-corrected chi connectivity index (χ1v) is 8.77. The predicted octanol–water partition coefficient (Wildman–Crippen LogP) is 2.17. The molecule has 3 rings (SSSR count). The maximum atomic E-state index is 6.33. The molecular weight excluding hydrogens is 300 g/mol. The van der Waals surface area contributed by atoms with Crippen molar-refractivity contribution < 1.29 is 4.74 Å². The number of halogens is 1. The summed E-state index contributed by atoms with van der Waals surface area (Å²) in [5, 5.41) is 0.644. The number of hydrogen-bond acceptors (Lipinski definition) is 4. The molecule has 2 aliphatic heterocycles. The van der Waals surface area contributed by atoms with Crippen molar-refractivity contribution in [2.24, 2.45) is 5.92 Å². The summed E-state index contributed by atoms with van der Waals surface area (Å²) in [7, 11) is 2.21. The quantitative estimate of drug-likeness (QED) is 0.900. The van der Waals surface area contributed by atoms with Crippen LogP contribution in [0.2, 0.25) is 5.15 Å². The zero-order valence-electron chi connectivity index (χ0n) is 13.6. The Labute approximate surface area is 138 Å². The molecule has 0 aliphatic carbocycles. The van der Waals surface area contributed by atoms with Crippen molar-refractivity contribution in [3.8, 4) is 0 Å². The van der Waals surface area contributed by atoms with Crippen LogP contribution in [0.25, 0.3) is 0 Å². The number of likely N-dealkylation sites (N-methyl/N-ethyl adjacent to an activating group) is 1. The molecule has 2 aliphatic rings. The van der Waals surface area contributed by atoms with Crippen LogP contribution in [-0.2, 0) is 17.7 Å². The minimum Gasteiger partial charge on any atom is -0.379 e. The molecule has 0 aromatic carbocycles. The lowest BCUT2D eigenvalue weighted by Crippen LogP contribution is -2.42. The van der Waals surface area contributed by atoms with Crippen molar-refractivity contribution in [2.75, 3.05) is 39.9 Å². The van der Waals surface area contributed by atoms with Gasteiger partial charge in [-0.3, -0.25) is 9.80 Å². The molecule has 0 unspecified atom stereocenters. The van der Waals surface area contributed by atoms with E-state index in [-0.39, 0.29) is 0 Å². The Balaban J connectivity index is 1.66. The van der Waals surface area contributed by atoms with E-state index >= 15 is 0 Å². The molecule has 2 bridgehead atoms. The van der Waals surface area contributed by atoms with Gasteiger partial charge < -0.3 is 9.72 Å². The number of rotatable bonds is 5. The van der Waals surface area contributed by atoms with Gasteiger partial charge in [-0.15, -0.1) is 0 Å². The van der Waals surface area contributed by atoms with Crippen molar-refractivity contribution in [3.63, 3.8) is 0 Å². The Morgan fingerprint density at radius 3 is 3.00 bits per heavy atom. The fourth-order valence-corrected chi connectivity index (χ4v) is 3.72. The first-order chi connectivity index (χ1) is 10.7. The average Bonchev–Trinajstić information content (AvgIpc) is 2.62. The van der Waals surface area contributed by atoms with E-state index < -0.39 is 0 Å². The average molecular weight is 327 g/mol. The molecule has 1 N–H and O–H groups in total. The van der Waals surface area contributed by atoms with Gasteiger partial charge in [0.2, 0.25) is 0 Å². The highest BCUT2D eigenvalue weighted by Gasteiger charge is 2.31. The number of H-pyrrole nitrogens is 1. The fourth-order valence-electron chi connectivity index (χ4n) is 3.51. The Bertz CT molecular complexity index is 492.